The molecule has 0 heterocycles. The minimum atomic E-state index is -1.27. The Balaban J connectivity index is 2.75. The Morgan fingerprint density at radius 2 is 1.85 bits per heavy atom. The van der Waals surface area contributed by atoms with Crippen LogP contribution in [0.3, 0.4) is 0 Å². The standard InChI is InChI=1S/C11H14O2/c1-8(2)10-5-3-9(4-6-10)7-11(12)13/h3-6,11-13H,1,7H2,2H3. The molecular formula is C11H14O2. The summed E-state index contributed by atoms with van der Waals surface area (Å²) in [6.45, 7) is 5.76. The van der Waals surface area contributed by atoms with Crippen molar-refractivity contribution < 1.29 is 10.2 Å². The van der Waals surface area contributed by atoms with Crippen LogP contribution in [0, 0.1) is 0 Å². The van der Waals surface area contributed by atoms with Gasteiger partial charge in [-0.3, -0.25) is 0 Å². The molecule has 0 amide bonds. The van der Waals surface area contributed by atoms with Gasteiger partial charge in [0.2, 0.25) is 0 Å². The van der Waals surface area contributed by atoms with Crippen LogP contribution in [0.25, 0.3) is 5.57 Å². The molecule has 0 aliphatic rings. The SMILES string of the molecule is C=C(C)c1ccc(CC(O)O)cc1. The van der Waals surface area contributed by atoms with Crippen molar-refractivity contribution in [1.29, 1.82) is 0 Å². The predicted molar refractivity (Wildman–Crippen MR) is 53.1 cm³/mol. The summed E-state index contributed by atoms with van der Waals surface area (Å²) in [5.41, 5.74) is 3.01. The molecule has 70 valence electrons. The lowest BCUT2D eigenvalue weighted by Crippen LogP contribution is -2.07. The summed E-state index contributed by atoms with van der Waals surface area (Å²) in [6, 6.07) is 7.62. The van der Waals surface area contributed by atoms with Gasteiger partial charge >= 0.3 is 0 Å². The van der Waals surface area contributed by atoms with Crippen LogP contribution in [0.1, 0.15) is 18.1 Å². The topological polar surface area (TPSA) is 40.5 Å². The van der Waals surface area contributed by atoms with Crippen LogP contribution in [-0.4, -0.2) is 16.5 Å². The molecule has 0 aromatic heterocycles. The molecular weight excluding hydrogens is 164 g/mol. The lowest BCUT2D eigenvalue weighted by Gasteiger charge is -2.04. The molecule has 0 aliphatic heterocycles. The number of rotatable bonds is 3. The van der Waals surface area contributed by atoms with E-state index in [0.29, 0.717) is 0 Å². The maximum Gasteiger partial charge on any atom is 0.155 e. The summed E-state index contributed by atoms with van der Waals surface area (Å²) >= 11 is 0. The van der Waals surface area contributed by atoms with Crippen LogP contribution in [0.4, 0.5) is 0 Å². The van der Waals surface area contributed by atoms with E-state index < -0.39 is 6.29 Å². The first kappa shape index (κ1) is 9.96. The van der Waals surface area contributed by atoms with Crippen molar-refractivity contribution in [2.45, 2.75) is 19.6 Å². The van der Waals surface area contributed by atoms with Crippen molar-refractivity contribution >= 4 is 5.57 Å². The van der Waals surface area contributed by atoms with Crippen molar-refractivity contribution in [3.05, 3.63) is 42.0 Å². The average molecular weight is 178 g/mol. The fourth-order valence-corrected chi connectivity index (χ4v) is 1.14. The van der Waals surface area contributed by atoms with Crippen LogP contribution >= 0.6 is 0 Å². The minimum absolute atomic E-state index is 0.274. The molecule has 0 radical (unpaired) electrons. The van der Waals surface area contributed by atoms with E-state index in [2.05, 4.69) is 6.58 Å². The van der Waals surface area contributed by atoms with Gasteiger partial charge in [0.1, 0.15) is 0 Å². The zero-order valence-electron chi connectivity index (χ0n) is 7.70. The van der Waals surface area contributed by atoms with Gasteiger partial charge in [0.25, 0.3) is 0 Å². The van der Waals surface area contributed by atoms with Crippen LogP contribution in [-0.2, 0) is 6.42 Å². The molecule has 13 heavy (non-hydrogen) atoms. The van der Waals surface area contributed by atoms with Gasteiger partial charge in [-0.15, -0.1) is 0 Å². The molecule has 0 atom stereocenters. The van der Waals surface area contributed by atoms with Crippen LogP contribution in [0.2, 0.25) is 0 Å². The van der Waals surface area contributed by atoms with Gasteiger partial charge in [-0.25, -0.2) is 0 Å². The molecule has 0 saturated carbocycles. The fourth-order valence-electron chi connectivity index (χ4n) is 1.14. The third-order valence-corrected chi connectivity index (χ3v) is 1.87. The van der Waals surface area contributed by atoms with E-state index in [-0.39, 0.29) is 6.42 Å². The average Bonchev–Trinajstić information content (AvgIpc) is 2.04. The van der Waals surface area contributed by atoms with E-state index >= 15 is 0 Å². The molecule has 2 heteroatoms. The Morgan fingerprint density at radius 3 is 2.23 bits per heavy atom. The molecule has 1 aromatic carbocycles. The summed E-state index contributed by atoms with van der Waals surface area (Å²) < 4.78 is 0. The summed E-state index contributed by atoms with van der Waals surface area (Å²) in [6.07, 6.45) is -0.994. The van der Waals surface area contributed by atoms with E-state index in [1.54, 1.807) is 0 Å². The van der Waals surface area contributed by atoms with Crippen molar-refractivity contribution in [3.63, 3.8) is 0 Å². The number of hydrogen-bond donors (Lipinski definition) is 2. The van der Waals surface area contributed by atoms with E-state index in [4.69, 9.17) is 10.2 Å². The quantitative estimate of drug-likeness (QED) is 0.690. The number of aliphatic hydroxyl groups is 2. The van der Waals surface area contributed by atoms with E-state index in [0.717, 1.165) is 16.7 Å². The molecule has 0 spiro atoms. The van der Waals surface area contributed by atoms with Crippen molar-refractivity contribution in [2.75, 3.05) is 0 Å². The van der Waals surface area contributed by atoms with Crippen molar-refractivity contribution in [3.8, 4) is 0 Å². The second-order valence-corrected chi connectivity index (χ2v) is 3.16. The summed E-state index contributed by atoms with van der Waals surface area (Å²) in [4.78, 5) is 0. The van der Waals surface area contributed by atoms with E-state index in [1.807, 2.05) is 31.2 Å². The molecule has 0 unspecified atom stereocenters. The zero-order chi connectivity index (χ0) is 9.84. The van der Waals surface area contributed by atoms with E-state index in [9.17, 15) is 0 Å². The molecule has 0 bridgehead atoms. The Hall–Kier alpha value is -1.12. The zero-order valence-corrected chi connectivity index (χ0v) is 7.70. The highest BCUT2D eigenvalue weighted by Gasteiger charge is 2.00. The Morgan fingerprint density at radius 1 is 1.31 bits per heavy atom. The molecule has 1 aromatic rings. The van der Waals surface area contributed by atoms with Gasteiger partial charge in [-0.05, 0) is 18.1 Å². The van der Waals surface area contributed by atoms with Crippen LogP contribution < -0.4 is 0 Å². The molecule has 0 fully saturated rings. The lowest BCUT2D eigenvalue weighted by atomic mass is 10.1. The van der Waals surface area contributed by atoms with Gasteiger partial charge in [0.15, 0.2) is 6.29 Å². The second-order valence-electron chi connectivity index (χ2n) is 3.16. The van der Waals surface area contributed by atoms with Gasteiger partial charge in [-0.1, -0.05) is 36.4 Å². The predicted octanol–water partition coefficient (Wildman–Crippen LogP) is 1.57. The number of allylic oxidation sites excluding steroid dienone is 1. The lowest BCUT2D eigenvalue weighted by molar-refractivity contribution is -0.0381. The Bertz CT molecular complexity index is 285. The largest absolute Gasteiger partial charge is 0.368 e. The summed E-state index contributed by atoms with van der Waals surface area (Å²) in [5, 5.41) is 17.4. The van der Waals surface area contributed by atoms with Crippen molar-refractivity contribution in [1.82, 2.24) is 0 Å². The maximum absolute atomic E-state index is 8.72. The summed E-state index contributed by atoms with van der Waals surface area (Å²) in [5.74, 6) is 0. The number of benzene rings is 1. The van der Waals surface area contributed by atoms with Gasteiger partial charge < -0.3 is 10.2 Å². The van der Waals surface area contributed by atoms with Crippen molar-refractivity contribution in [2.24, 2.45) is 0 Å². The first-order chi connectivity index (χ1) is 6.09. The number of aliphatic hydroxyl groups excluding tert-OH is 1. The third-order valence-electron chi connectivity index (χ3n) is 1.87. The highest BCUT2D eigenvalue weighted by atomic mass is 16.5. The Labute approximate surface area is 78.2 Å². The van der Waals surface area contributed by atoms with Crippen LogP contribution in [0.5, 0.6) is 0 Å². The molecule has 2 N–H and O–H groups in total. The highest BCUT2D eigenvalue weighted by molar-refractivity contribution is 5.61. The fraction of sp³-hybridized carbons (Fsp3) is 0.273. The van der Waals surface area contributed by atoms with Gasteiger partial charge in [0.05, 0.1) is 0 Å². The molecule has 2 nitrogen and oxygen atoms in total. The first-order valence-corrected chi connectivity index (χ1v) is 4.20. The van der Waals surface area contributed by atoms with E-state index in [1.165, 1.54) is 0 Å². The third kappa shape index (κ3) is 3.01. The Kier molecular flexibility index (Phi) is 3.23. The maximum atomic E-state index is 8.72. The van der Waals surface area contributed by atoms with Crippen LogP contribution in [0.15, 0.2) is 30.8 Å². The second kappa shape index (κ2) is 4.21. The van der Waals surface area contributed by atoms with Gasteiger partial charge in [0, 0.05) is 6.42 Å². The monoisotopic (exact) mass is 178 g/mol. The highest BCUT2D eigenvalue weighted by Crippen LogP contribution is 2.12. The number of hydrogen-bond acceptors (Lipinski definition) is 2. The molecule has 0 saturated heterocycles. The smallest absolute Gasteiger partial charge is 0.155 e. The normalized spacial score (nSPS) is 10.5. The minimum Gasteiger partial charge on any atom is -0.368 e. The van der Waals surface area contributed by atoms with Gasteiger partial charge in [-0.2, -0.15) is 0 Å². The first-order valence-electron chi connectivity index (χ1n) is 4.20. The molecule has 1 rings (SSSR count). The molecule has 0 aliphatic carbocycles. The summed E-state index contributed by atoms with van der Waals surface area (Å²) in [7, 11) is 0.